The van der Waals surface area contributed by atoms with Crippen molar-refractivity contribution in [2.75, 3.05) is 0 Å². The molecule has 1 aromatic carbocycles. The number of nitrogens with one attached hydrogen (secondary N) is 1. The van der Waals surface area contributed by atoms with Gasteiger partial charge in [-0.15, -0.1) is 0 Å². The molecular weight excluding hydrogens is 210 g/mol. The summed E-state index contributed by atoms with van der Waals surface area (Å²) < 4.78 is 0. The van der Waals surface area contributed by atoms with E-state index in [-0.39, 0.29) is 17.9 Å². The van der Waals surface area contributed by atoms with Crippen molar-refractivity contribution < 1.29 is 4.79 Å². The first-order valence-electron chi connectivity index (χ1n) is 6.62. The lowest BCUT2D eigenvalue weighted by atomic mass is 9.88. The van der Waals surface area contributed by atoms with Crippen LogP contribution in [0.25, 0.3) is 0 Å². The lowest BCUT2D eigenvalue weighted by Crippen LogP contribution is -2.33. The van der Waals surface area contributed by atoms with E-state index in [9.17, 15) is 4.79 Å². The summed E-state index contributed by atoms with van der Waals surface area (Å²) in [6.07, 6.45) is 5.83. The molecule has 1 saturated carbocycles. The van der Waals surface area contributed by atoms with Gasteiger partial charge in [0.15, 0.2) is 0 Å². The highest BCUT2D eigenvalue weighted by Crippen LogP contribution is 2.24. The topological polar surface area (TPSA) is 29.1 Å². The Morgan fingerprint density at radius 2 is 1.82 bits per heavy atom. The molecule has 0 radical (unpaired) electrons. The molecule has 2 heteroatoms. The number of benzene rings is 1. The molecule has 17 heavy (non-hydrogen) atoms. The first kappa shape index (κ1) is 12.2. The zero-order valence-corrected chi connectivity index (χ0v) is 10.5. The van der Waals surface area contributed by atoms with Crippen molar-refractivity contribution in [3.8, 4) is 0 Å². The maximum absolute atomic E-state index is 12.1. The lowest BCUT2D eigenvalue weighted by Gasteiger charge is -2.23. The number of carbonyl (C=O) groups is 1. The van der Waals surface area contributed by atoms with E-state index in [0.717, 1.165) is 12.8 Å². The van der Waals surface area contributed by atoms with Gasteiger partial charge >= 0.3 is 0 Å². The standard InChI is InChI=1S/C15H21NO/c1-12(13-8-4-2-5-9-13)16-15(17)14-10-6-3-7-11-14/h2,4-5,8-9,12,14H,3,6-7,10-11H2,1H3,(H,16,17). The molecule has 1 fully saturated rings. The predicted octanol–water partition coefficient (Wildman–Crippen LogP) is 3.44. The van der Waals surface area contributed by atoms with Gasteiger partial charge in [0.05, 0.1) is 6.04 Å². The minimum atomic E-state index is 0.116. The Kier molecular flexibility index (Phi) is 4.18. The minimum absolute atomic E-state index is 0.116. The second-order valence-corrected chi connectivity index (χ2v) is 4.98. The molecule has 1 aliphatic carbocycles. The van der Waals surface area contributed by atoms with E-state index >= 15 is 0 Å². The summed E-state index contributed by atoms with van der Waals surface area (Å²) in [7, 11) is 0. The predicted molar refractivity (Wildman–Crippen MR) is 69.6 cm³/mol. The van der Waals surface area contributed by atoms with Crippen LogP contribution in [-0.4, -0.2) is 5.91 Å². The van der Waals surface area contributed by atoms with Crippen molar-refractivity contribution in [2.24, 2.45) is 5.92 Å². The van der Waals surface area contributed by atoms with Crippen LogP contribution in [0.4, 0.5) is 0 Å². The molecule has 1 amide bonds. The molecule has 2 rings (SSSR count). The largest absolute Gasteiger partial charge is 0.349 e. The van der Waals surface area contributed by atoms with Gasteiger partial charge in [-0.25, -0.2) is 0 Å². The third kappa shape index (κ3) is 3.32. The van der Waals surface area contributed by atoms with Gasteiger partial charge < -0.3 is 5.32 Å². The van der Waals surface area contributed by atoms with Crippen molar-refractivity contribution >= 4 is 5.91 Å². The van der Waals surface area contributed by atoms with Gasteiger partial charge in [-0.2, -0.15) is 0 Å². The molecule has 1 aliphatic rings. The smallest absolute Gasteiger partial charge is 0.223 e. The van der Waals surface area contributed by atoms with Crippen molar-refractivity contribution in [3.05, 3.63) is 35.9 Å². The van der Waals surface area contributed by atoms with E-state index in [1.807, 2.05) is 18.2 Å². The molecule has 1 N–H and O–H groups in total. The lowest BCUT2D eigenvalue weighted by molar-refractivity contribution is -0.126. The highest BCUT2D eigenvalue weighted by Gasteiger charge is 2.22. The summed E-state index contributed by atoms with van der Waals surface area (Å²) in [4.78, 5) is 12.1. The molecule has 1 aromatic rings. The number of hydrogen-bond donors (Lipinski definition) is 1. The van der Waals surface area contributed by atoms with Crippen molar-refractivity contribution in [1.82, 2.24) is 5.32 Å². The first-order chi connectivity index (χ1) is 8.27. The number of rotatable bonds is 3. The van der Waals surface area contributed by atoms with Gasteiger partial charge in [0.1, 0.15) is 0 Å². The Morgan fingerprint density at radius 3 is 2.47 bits per heavy atom. The van der Waals surface area contributed by atoms with Crippen LogP contribution in [0.15, 0.2) is 30.3 Å². The fraction of sp³-hybridized carbons (Fsp3) is 0.533. The summed E-state index contributed by atoms with van der Waals surface area (Å²) in [5, 5.41) is 3.13. The van der Waals surface area contributed by atoms with E-state index in [1.165, 1.54) is 24.8 Å². The molecule has 0 aromatic heterocycles. The van der Waals surface area contributed by atoms with Crippen LogP contribution in [0.2, 0.25) is 0 Å². The third-order valence-corrected chi connectivity index (χ3v) is 3.63. The number of carbonyl (C=O) groups excluding carboxylic acids is 1. The Balaban J connectivity index is 1.89. The molecule has 0 bridgehead atoms. The van der Waals surface area contributed by atoms with Gasteiger partial charge in [0, 0.05) is 5.92 Å². The second kappa shape index (κ2) is 5.85. The zero-order chi connectivity index (χ0) is 12.1. The van der Waals surface area contributed by atoms with Gasteiger partial charge in [0.25, 0.3) is 0 Å². The number of amides is 1. The van der Waals surface area contributed by atoms with E-state index < -0.39 is 0 Å². The summed E-state index contributed by atoms with van der Waals surface area (Å²) in [5.41, 5.74) is 1.18. The molecule has 2 nitrogen and oxygen atoms in total. The summed E-state index contributed by atoms with van der Waals surface area (Å²) in [5.74, 6) is 0.482. The summed E-state index contributed by atoms with van der Waals surface area (Å²) >= 11 is 0. The molecule has 1 atom stereocenters. The Hall–Kier alpha value is -1.31. The number of hydrogen-bond acceptors (Lipinski definition) is 1. The van der Waals surface area contributed by atoms with Crippen LogP contribution < -0.4 is 5.32 Å². The van der Waals surface area contributed by atoms with Crippen LogP contribution in [0, 0.1) is 5.92 Å². The van der Waals surface area contributed by atoms with E-state index in [4.69, 9.17) is 0 Å². The molecule has 1 unspecified atom stereocenters. The van der Waals surface area contributed by atoms with Gasteiger partial charge in [-0.3, -0.25) is 4.79 Å². The zero-order valence-electron chi connectivity index (χ0n) is 10.5. The van der Waals surface area contributed by atoms with Crippen molar-refractivity contribution in [1.29, 1.82) is 0 Å². The quantitative estimate of drug-likeness (QED) is 0.848. The fourth-order valence-corrected chi connectivity index (χ4v) is 2.52. The maximum Gasteiger partial charge on any atom is 0.223 e. The average Bonchev–Trinajstić information content (AvgIpc) is 2.40. The summed E-state index contributed by atoms with van der Waals surface area (Å²) in [6, 6.07) is 10.3. The van der Waals surface area contributed by atoms with Crippen molar-refractivity contribution in [2.45, 2.75) is 45.1 Å². The van der Waals surface area contributed by atoms with Gasteiger partial charge in [-0.1, -0.05) is 49.6 Å². The monoisotopic (exact) mass is 231 g/mol. The Bertz CT molecular complexity index is 354. The molecular formula is C15H21NO. The highest BCUT2D eigenvalue weighted by atomic mass is 16.1. The van der Waals surface area contributed by atoms with Crippen LogP contribution >= 0.6 is 0 Å². The van der Waals surface area contributed by atoms with Gasteiger partial charge in [-0.05, 0) is 25.3 Å². The van der Waals surface area contributed by atoms with Crippen LogP contribution in [0.5, 0.6) is 0 Å². The third-order valence-electron chi connectivity index (χ3n) is 3.63. The minimum Gasteiger partial charge on any atom is -0.349 e. The second-order valence-electron chi connectivity index (χ2n) is 4.98. The van der Waals surface area contributed by atoms with Crippen LogP contribution in [0.1, 0.15) is 50.6 Å². The van der Waals surface area contributed by atoms with Crippen LogP contribution in [-0.2, 0) is 4.79 Å². The van der Waals surface area contributed by atoms with E-state index in [1.54, 1.807) is 0 Å². The summed E-state index contributed by atoms with van der Waals surface area (Å²) in [6.45, 7) is 2.05. The maximum atomic E-state index is 12.1. The molecule has 0 aliphatic heterocycles. The normalized spacial score (nSPS) is 18.6. The highest BCUT2D eigenvalue weighted by molar-refractivity contribution is 5.79. The first-order valence-corrected chi connectivity index (χ1v) is 6.62. The van der Waals surface area contributed by atoms with Crippen LogP contribution in [0.3, 0.4) is 0 Å². The van der Waals surface area contributed by atoms with Gasteiger partial charge in [0.2, 0.25) is 5.91 Å². The van der Waals surface area contributed by atoms with Crippen molar-refractivity contribution in [3.63, 3.8) is 0 Å². The molecule has 0 saturated heterocycles. The molecule has 92 valence electrons. The van der Waals surface area contributed by atoms with E-state index in [2.05, 4.69) is 24.4 Å². The molecule has 0 spiro atoms. The fourth-order valence-electron chi connectivity index (χ4n) is 2.52. The Morgan fingerprint density at radius 1 is 1.18 bits per heavy atom. The molecule has 0 heterocycles. The SMILES string of the molecule is CC(NC(=O)C1CCCCC1)c1ccccc1. The Labute approximate surface area is 103 Å². The average molecular weight is 231 g/mol. The van der Waals surface area contributed by atoms with E-state index in [0.29, 0.717) is 0 Å².